The molecule has 154 valence electrons. The molecular weight excluding hydrogens is 469 g/mol. The van der Waals surface area contributed by atoms with Crippen molar-refractivity contribution in [2.45, 2.75) is 20.0 Å². The highest BCUT2D eigenvalue weighted by Gasteiger charge is 2.25. The minimum Gasteiger partial charge on any atom is -0.491 e. The number of nitrogens with one attached hydrogen (secondary N) is 1. The second-order valence-electron chi connectivity index (χ2n) is 6.60. The smallest absolute Gasteiger partial charge is 0.194 e. The van der Waals surface area contributed by atoms with Gasteiger partial charge in [0.2, 0.25) is 0 Å². The third-order valence-electron chi connectivity index (χ3n) is 4.50. The molecule has 1 aromatic heterocycles. The van der Waals surface area contributed by atoms with Crippen LogP contribution in [-0.2, 0) is 11.8 Å². The number of hydrogen-bond donors (Lipinski definition) is 1. The average molecular weight is 499 g/mol. The molecule has 1 fully saturated rings. The normalized spacial score (nSPS) is 17.2. The van der Waals surface area contributed by atoms with Gasteiger partial charge in [-0.25, -0.2) is 4.99 Å². The summed E-state index contributed by atoms with van der Waals surface area (Å²) in [6, 6.07) is 8.04. The molecule has 0 amide bonds. The van der Waals surface area contributed by atoms with E-state index in [0.29, 0.717) is 19.8 Å². The fourth-order valence-corrected chi connectivity index (χ4v) is 3.10. The van der Waals surface area contributed by atoms with Gasteiger partial charge in [-0.2, -0.15) is 5.10 Å². The molecule has 28 heavy (non-hydrogen) atoms. The van der Waals surface area contributed by atoms with E-state index < -0.39 is 0 Å². The molecule has 3 rings (SSSR count). The van der Waals surface area contributed by atoms with Crippen molar-refractivity contribution in [3.8, 4) is 5.75 Å². The van der Waals surface area contributed by atoms with Crippen molar-refractivity contribution >= 4 is 29.9 Å². The fraction of sp³-hybridized carbons (Fsp3) is 0.500. The highest BCUT2D eigenvalue weighted by molar-refractivity contribution is 14.0. The van der Waals surface area contributed by atoms with Crippen molar-refractivity contribution in [1.82, 2.24) is 20.0 Å². The molecule has 1 saturated heterocycles. The van der Waals surface area contributed by atoms with Crippen LogP contribution in [0.15, 0.2) is 41.7 Å². The summed E-state index contributed by atoms with van der Waals surface area (Å²) in [5.74, 6) is 1.82. The van der Waals surface area contributed by atoms with Gasteiger partial charge in [0.15, 0.2) is 5.96 Å². The van der Waals surface area contributed by atoms with Crippen molar-refractivity contribution in [1.29, 1.82) is 0 Å². The lowest BCUT2D eigenvalue weighted by Gasteiger charge is -2.34. The number of guanidine groups is 1. The Morgan fingerprint density at radius 2 is 2.21 bits per heavy atom. The van der Waals surface area contributed by atoms with Crippen LogP contribution in [0.1, 0.15) is 24.2 Å². The Bertz CT molecular complexity index is 765. The molecule has 1 aliphatic rings. The van der Waals surface area contributed by atoms with Crippen LogP contribution in [0.3, 0.4) is 0 Å². The highest BCUT2D eigenvalue weighted by Crippen LogP contribution is 2.21. The first kappa shape index (κ1) is 22.5. The van der Waals surface area contributed by atoms with Crippen molar-refractivity contribution in [2.24, 2.45) is 12.0 Å². The summed E-state index contributed by atoms with van der Waals surface area (Å²) in [5, 5.41) is 7.63. The Kier molecular flexibility index (Phi) is 9.04. The third-order valence-corrected chi connectivity index (χ3v) is 4.50. The first-order valence-electron chi connectivity index (χ1n) is 9.49. The largest absolute Gasteiger partial charge is 0.491 e. The van der Waals surface area contributed by atoms with E-state index in [1.807, 2.05) is 37.6 Å². The number of para-hydroxylation sites is 1. The van der Waals surface area contributed by atoms with Gasteiger partial charge in [-0.15, -0.1) is 24.0 Å². The maximum atomic E-state index is 5.93. The average Bonchev–Trinajstić information content (AvgIpc) is 3.12. The molecule has 0 bridgehead atoms. The van der Waals surface area contributed by atoms with Crippen molar-refractivity contribution in [3.63, 3.8) is 0 Å². The zero-order chi connectivity index (χ0) is 19.1. The van der Waals surface area contributed by atoms with Gasteiger partial charge < -0.3 is 19.7 Å². The minimum atomic E-state index is 0. The fourth-order valence-electron chi connectivity index (χ4n) is 3.10. The lowest BCUT2D eigenvalue weighted by molar-refractivity contribution is -0.00805. The number of rotatable bonds is 6. The molecule has 1 aromatic carbocycles. The molecule has 1 unspecified atom stereocenters. The molecule has 0 spiro atoms. The second kappa shape index (κ2) is 11.3. The number of hydrogen-bond acceptors (Lipinski definition) is 4. The summed E-state index contributed by atoms with van der Waals surface area (Å²) in [6.07, 6.45) is 3.89. The number of halogens is 1. The summed E-state index contributed by atoms with van der Waals surface area (Å²) < 4.78 is 13.6. The lowest BCUT2D eigenvalue weighted by atomic mass is 10.1. The first-order valence-corrected chi connectivity index (χ1v) is 9.49. The SMILES string of the molecule is CCNC(=NCCOc1ccccc1C)N1CCOC(c2cnn(C)c2)C1.I. The molecular formula is C20H30IN5O2. The van der Waals surface area contributed by atoms with Gasteiger partial charge in [-0.3, -0.25) is 4.68 Å². The number of benzene rings is 1. The molecule has 1 aliphatic heterocycles. The van der Waals surface area contributed by atoms with E-state index in [4.69, 9.17) is 14.5 Å². The Morgan fingerprint density at radius 3 is 2.93 bits per heavy atom. The Morgan fingerprint density at radius 1 is 1.39 bits per heavy atom. The van der Waals surface area contributed by atoms with Gasteiger partial charge in [-0.05, 0) is 25.5 Å². The number of ether oxygens (including phenoxy) is 2. The summed E-state index contributed by atoms with van der Waals surface area (Å²) in [6.45, 7) is 8.36. The number of aromatic nitrogens is 2. The molecule has 7 nitrogen and oxygen atoms in total. The van der Waals surface area contributed by atoms with E-state index in [-0.39, 0.29) is 30.1 Å². The van der Waals surface area contributed by atoms with E-state index in [2.05, 4.69) is 35.2 Å². The number of aliphatic imine (C=N–C) groups is 1. The molecule has 0 aliphatic carbocycles. The van der Waals surface area contributed by atoms with Gasteiger partial charge in [0.25, 0.3) is 0 Å². The van der Waals surface area contributed by atoms with Crippen molar-refractivity contribution in [2.75, 3.05) is 39.4 Å². The number of morpholine rings is 1. The van der Waals surface area contributed by atoms with Gasteiger partial charge in [0.1, 0.15) is 18.5 Å². The zero-order valence-electron chi connectivity index (χ0n) is 16.8. The minimum absolute atomic E-state index is 0. The molecule has 1 N–H and O–H groups in total. The molecule has 0 saturated carbocycles. The standard InChI is InChI=1S/C20H29N5O2.HI/c1-4-21-20(22-9-11-26-18-8-6-5-7-16(18)2)25-10-12-27-19(15-25)17-13-23-24(3)14-17;/h5-8,13-14,19H,4,9-12,15H2,1-3H3,(H,21,22);1H. The maximum absolute atomic E-state index is 5.93. The molecule has 2 aromatic rings. The summed E-state index contributed by atoms with van der Waals surface area (Å²) in [7, 11) is 1.92. The van der Waals surface area contributed by atoms with Crippen LogP contribution in [-0.4, -0.2) is 60.0 Å². The van der Waals surface area contributed by atoms with Crippen molar-refractivity contribution in [3.05, 3.63) is 47.8 Å². The van der Waals surface area contributed by atoms with Crippen LogP contribution in [0.5, 0.6) is 5.75 Å². The maximum Gasteiger partial charge on any atom is 0.194 e. The summed E-state index contributed by atoms with van der Waals surface area (Å²) in [5.41, 5.74) is 2.24. The van der Waals surface area contributed by atoms with Gasteiger partial charge in [0.05, 0.1) is 25.9 Å². The first-order chi connectivity index (χ1) is 13.2. The molecule has 0 radical (unpaired) electrons. The Balaban J connectivity index is 0.00000280. The van der Waals surface area contributed by atoms with Crippen LogP contribution in [0.4, 0.5) is 0 Å². The van der Waals surface area contributed by atoms with Gasteiger partial charge in [-0.1, -0.05) is 18.2 Å². The topological polar surface area (TPSA) is 63.9 Å². The van der Waals surface area contributed by atoms with Crippen LogP contribution in [0.2, 0.25) is 0 Å². The Hall–Kier alpha value is -1.81. The quantitative estimate of drug-likeness (QED) is 0.287. The Labute approximate surface area is 184 Å². The van der Waals surface area contributed by atoms with Crippen LogP contribution >= 0.6 is 24.0 Å². The number of nitrogens with zero attached hydrogens (tertiary/aromatic N) is 4. The van der Waals surface area contributed by atoms with E-state index >= 15 is 0 Å². The predicted molar refractivity (Wildman–Crippen MR) is 122 cm³/mol. The molecule has 1 atom stereocenters. The summed E-state index contributed by atoms with van der Waals surface area (Å²) in [4.78, 5) is 6.99. The lowest BCUT2D eigenvalue weighted by Crippen LogP contribution is -2.48. The number of aryl methyl sites for hydroxylation is 2. The van der Waals surface area contributed by atoms with Gasteiger partial charge in [0, 0.05) is 31.9 Å². The van der Waals surface area contributed by atoms with Crippen molar-refractivity contribution < 1.29 is 9.47 Å². The van der Waals surface area contributed by atoms with E-state index in [9.17, 15) is 0 Å². The molecule has 2 heterocycles. The van der Waals surface area contributed by atoms with Crippen LogP contribution in [0, 0.1) is 6.92 Å². The van der Waals surface area contributed by atoms with E-state index in [0.717, 1.165) is 42.5 Å². The highest BCUT2D eigenvalue weighted by atomic mass is 127. The summed E-state index contributed by atoms with van der Waals surface area (Å²) >= 11 is 0. The van der Waals surface area contributed by atoms with Crippen LogP contribution in [0.25, 0.3) is 0 Å². The van der Waals surface area contributed by atoms with Crippen LogP contribution < -0.4 is 10.1 Å². The zero-order valence-corrected chi connectivity index (χ0v) is 19.1. The van der Waals surface area contributed by atoms with E-state index in [1.165, 1.54) is 0 Å². The van der Waals surface area contributed by atoms with Gasteiger partial charge >= 0.3 is 0 Å². The van der Waals surface area contributed by atoms with E-state index in [1.54, 1.807) is 4.68 Å². The third kappa shape index (κ3) is 6.10. The second-order valence-corrected chi connectivity index (χ2v) is 6.60. The molecule has 8 heteroatoms. The predicted octanol–water partition coefficient (Wildman–Crippen LogP) is 2.76. The monoisotopic (exact) mass is 499 g/mol.